The molecule has 0 radical (unpaired) electrons. The Bertz CT molecular complexity index is 313. The van der Waals surface area contributed by atoms with E-state index >= 15 is 0 Å². The first-order valence-corrected chi connectivity index (χ1v) is 10.8. The van der Waals surface area contributed by atoms with Gasteiger partial charge in [-0.05, 0) is 13.3 Å². The van der Waals surface area contributed by atoms with Gasteiger partial charge >= 0.3 is 5.97 Å². The SMILES string of the molecule is CCCCCCCCCCCCOCCOCCOCCOC(=O)[C@H](C)N. The van der Waals surface area contributed by atoms with Crippen LogP contribution in [0.5, 0.6) is 0 Å². The summed E-state index contributed by atoms with van der Waals surface area (Å²) in [5.41, 5.74) is 5.37. The third-order valence-electron chi connectivity index (χ3n) is 4.23. The lowest BCUT2D eigenvalue weighted by Gasteiger charge is -2.08. The zero-order chi connectivity index (χ0) is 20.0. The molecule has 0 aromatic carbocycles. The molecule has 162 valence electrons. The van der Waals surface area contributed by atoms with Crippen LogP contribution in [-0.2, 0) is 23.7 Å². The number of hydrogen-bond donors (Lipinski definition) is 1. The van der Waals surface area contributed by atoms with Gasteiger partial charge in [-0.1, -0.05) is 64.7 Å². The normalized spacial score (nSPS) is 12.3. The topological polar surface area (TPSA) is 80.0 Å². The molecular formula is C21H43NO5. The van der Waals surface area contributed by atoms with Crippen molar-refractivity contribution in [2.24, 2.45) is 5.73 Å². The summed E-state index contributed by atoms with van der Waals surface area (Å²) in [5, 5.41) is 0. The number of rotatable bonds is 21. The average molecular weight is 390 g/mol. The molecule has 0 amide bonds. The molecular weight excluding hydrogens is 346 g/mol. The second-order valence-corrected chi connectivity index (χ2v) is 6.98. The van der Waals surface area contributed by atoms with Gasteiger partial charge in [-0.3, -0.25) is 4.79 Å². The Labute approximate surface area is 166 Å². The first-order chi connectivity index (χ1) is 13.2. The highest BCUT2D eigenvalue weighted by molar-refractivity contribution is 5.74. The molecule has 0 saturated heterocycles. The minimum atomic E-state index is -0.589. The van der Waals surface area contributed by atoms with Crippen molar-refractivity contribution in [3.05, 3.63) is 0 Å². The van der Waals surface area contributed by atoms with E-state index in [1.54, 1.807) is 6.92 Å². The molecule has 0 unspecified atom stereocenters. The van der Waals surface area contributed by atoms with Gasteiger partial charge in [-0.25, -0.2) is 0 Å². The van der Waals surface area contributed by atoms with Crippen molar-refractivity contribution in [3.63, 3.8) is 0 Å². The lowest BCUT2D eigenvalue weighted by Crippen LogP contribution is -2.29. The van der Waals surface area contributed by atoms with Crippen LogP contribution in [0.3, 0.4) is 0 Å². The standard InChI is InChI=1S/C21H43NO5/c1-3-4-5-6-7-8-9-10-11-12-13-24-14-15-25-16-17-26-18-19-27-21(23)20(2)22/h20H,3-19,22H2,1-2H3/t20-/m0/s1. The molecule has 0 saturated carbocycles. The van der Waals surface area contributed by atoms with Crippen LogP contribution in [0, 0.1) is 0 Å². The third kappa shape index (κ3) is 21.5. The third-order valence-corrected chi connectivity index (χ3v) is 4.23. The van der Waals surface area contributed by atoms with Crippen molar-refractivity contribution in [2.75, 3.05) is 46.2 Å². The lowest BCUT2D eigenvalue weighted by molar-refractivity contribution is -0.146. The average Bonchev–Trinajstić information content (AvgIpc) is 2.66. The Balaban J connectivity index is 3.04. The van der Waals surface area contributed by atoms with Crippen LogP contribution in [-0.4, -0.2) is 58.3 Å². The highest BCUT2D eigenvalue weighted by Gasteiger charge is 2.07. The largest absolute Gasteiger partial charge is 0.462 e. The van der Waals surface area contributed by atoms with Gasteiger partial charge in [0.05, 0.1) is 33.0 Å². The first-order valence-electron chi connectivity index (χ1n) is 10.8. The fourth-order valence-electron chi connectivity index (χ4n) is 2.57. The summed E-state index contributed by atoms with van der Waals surface area (Å²) in [4.78, 5) is 11.1. The van der Waals surface area contributed by atoms with E-state index < -0.39 is 12.0 Å². The summed E-state index contributed by atoms with van der Waals surface area (Å²) in [7, 11) is 0. The second kappa shape index (κ2) is 21.6. The van der Waals surface area contributed by atoms with Crippen molar-refractivity contribution < 1.29 is 23.7 Å². The fourth-order valence-corrected chi connectivity index (χ4v) is 2.57. The van der Waals surface area contributed by atoms with Crippen molar-refractivity contribution >= 4 is 5.97 Å². The second-order valence-electron chi connectivity index (χ2n) is 6.98. The summed E-state index contributed by atoms with van der Waals surface area (Å²) in [6.45, 7) is 7.47. The predicted octanol–water partition coefficient (Wildman–Crippen LogP) is 3.85. The van der Waals surface area contributed by atoms with Crippen molar-refractivity contribution in [3.8, 4) is 0 Å². The Kier molecular flexibility index (Phi) is 21.1. The highest BCUT2D eigenvalue weighted by Crippen LogP contribution is 2.10. The van der Waals surface area contributed by atoms with E-state index in [0.717, 1.165) is 13.0 Å². The number of unbranched alkanes of at least 4 members (excludes halogenated alkanes) is 9. The molecule has 2 N–H and O–H groups in total. The first kappa shape index (κ1) is 26.3. The number of esters is 1. The molecule has 0 fully saturated rings. The van der Waals surface area contributed by atoms with Gasteiger partial charge in [0.25, 0.3) is 0 Å². The molecule has 0 bridgehead atoms. The molecule has 0 aromatic rings. The molecule has 0 aliphatic heterocycles. The van der Waals surface area contributed by atoms with Gasteiger partial charge < -0.3 is 24.7 Å². The molecule has 0 rings (SSSR count). The Morgan fingerprint density at radius 3 is 1.56 bits per heavy atom. The summed E-state index contributed by atoms with van der Waals surface area (Å²) in [6, 6.07) is -0.589. The number of nitrogens with two attached hydrogens (primary N) is 1. The smallest absolute Gasteiger partial charge is 0.322 e. The maximum Gasteiger partial charge on any atom is 0.322 e. The molecule has 0 aliphatic rings. The minimum absolute atomic E-state index is 0.225. The van der Waals surface area contributed by atoms with Crippen LogP contribution in [0.15, 0.2) is 0 Å². The summed E-state index contributed by atoms with van der Waals surface area (Å²) in [6.07, 6.45) is 13.4. The Hall–Kier alpha value is -0.690. The molecule has 0 aliphatic carbocycles. The van der Waals surface area contributed by atoms with E-state index in [-0.39, 0.29) is 6.61 Å². The van der Waals surface area contributed by atoms with Crippen LogP contribution in [0.1, 0.15) is 78.1 Å². The molecule has 6 nitrogen and oxygen atoms in total. The molecule has 27 heavy (non-hydrogen) atoms. The predicted molar refractivity (Wildman–Crippen MR) is 109 cm³/mol. The van der Waals surface area contributed by atoms with E-state index in [1.807, 2.05) is 0 Å². The Morgan fingerprint density at radius 2 is 1.07 bits per heavy atom. The van der Waals surface area contributed by atoms with E-state index in [1.165, 1.54) is 57.8 Å². The zero-order valence-corrected chi connectivity index (χ0v) is 17.7. The summed E-state index contributed by atoms with van der Waals surface area (Å²) >= 11 is 0. The maximum atomic E-state index is 11.1. The van der Waals surface area contributed by atoms with Crippen molar-refractivity contribution in [2.45, 2.75) is 84.1 Å². The van der Waals surface area contributed by atoms with Crippen LogP contribution < -0.4 is 5.73 Å². The number of carbonyl (C=O) groups excluding carboxylic acids is 1. The molecule has 0 heterocycles. The minimum Gasteiger partial charge on any atom is -0.462 e. The van der Waals surface area contributed by atoms with E-state index in [9.17, 15) is 4.79 Å². The van der Waals surface area contributed by atoms with Crippen LogP contribution in [0.4, 0.5) is 0 Å². The van der Waals surface area contributed by atoms with Gasteiger partial charge in [-0.2, -0.15) is 0 Å². The molecule has 6 heteroatoms. The maximum absolute atomic E-state index is 11.1. The van der Waals surface area contributed by atoms with Crippen LogP contribution >= 0.6 is 0 Å². The summed E-state index contributed by atoms with van der Waals surface area (Å²) in [5.74, 6) is -0.408. The van der Waals surface area contributed by atoms with Gasteiger partial charge in [0.2, 0.25) is 0 Å². The van der Waals surface area contributed by atoms with Crippen LogP contribution in [0.2, 0.25) is 0 Å². The van der Waals surface area contributed by atoms with Gasteiger partial charge in [0.1, 0.15) is 12.6 Å². The number of carbonyl (C=O) groups is 1. The molecule has 0 aromatic heterocycles. The van der Waals surface area contributed by atoms with E-state index in [4.69, 9.17) is 24.7 Å². The number of hydrogen-bond acceptors (Lipinski definition) is 6. The summed E-state index contributed by atoms with van der Waals surface area (Å²) < 4.78 is 21.2. The molecule has 0 spiro atoms. The fraction of sp³-hybridized carbons (Fsp3) is 0.952. The monoisotopic (exact) mass is 389 g/mol. The molecule has 1 atom stereocenters. The quantitative estimate of drug-likeness (QED) is 0.237. The van der Waals surface area contributed by atoms with Gasteiger partial charge in [0, 0.05) is 6.61 Å². The van der Waals surface area contributed by atoms with Crippen LogP contribution in [0.25, 0.3) is 0 Å². The van der Waals surface area contributed by atoms with Crippen molar-refractivity contribution in [1.29, 1.82) is 0 Å². The van der Waals surface area contributed by atoms with Gasteiger partial charge in [-0.15, -0.1) is 0 Å². The zero-order valence-electron chi connectivity index (χ0n) is 17.7. The van der Waals surface area contributed by atoms with Crippen molar-refractivity contribution in [1.82, 2.24) is 0 Å². The van der Waals surface area contributed by atoms with E-state index in [2.05, 4.69) is 6.92 Å². The number of ether oxygens (including phenoxy) is 4. The Morgan fingerprint density at radius 1 is 0.667 bits per heavy atom. The van der Waals surface area contributed by atoms with E-state index in [0.29, 0.717) is 33.0 Å². The highest BCUT2D eigenvalue weighted by atomic mass is 16.6. The van der Waals surface area contributed by atoms with Gasteiger partial charge in [0.15, 0.2) is 0 Å². The lowest BCUT2D eigenvalue weighted by atomic mass is 10.1.